The number of carboxylic acid groups (broad SMARTS) is 1. The number of methoxy groups -OCH3 is 3. The Bertz CT molecular complexity index is 4210. The maximum Gasteiger partial charge on any atom is 0.345 e. The van der Waals surface area contributed by atoms with Gasteiger partial charge in [0, 0.05) is 48.1 Å². The number of hydrogen-bond acceptors (Lipinski definition) is 14. The topological polar surface area (TPSA) is 173 Å². The van der Waals surface area contributed by atoms with Crippen LogP contribution < -0.4 is 33.2 Å². The number of para-hydroxylation sites is 1. The predicted octanol–water partition coefficient (Wildman–Crippen LogP) is 16.4. The van der Waals surface area contributed by atoms with Crippen LogP contribution in [-0.2, 0) is 37.6 Å². The summed E-state index contributed by atoms with van der Waals surface area (Å²) >= 11 is 22.7. The van der Waals surface area contributed by atoms with Crippen LogP contribution in [0.4, 0.5) is 4.39 Å². The van der Waals surface area contributed by atoms with Gasteiger partial charge in [0.05, 0.1) is 69.1 Å². The van der Waals surface area contributed by atoms with Crippen LogP contribution >= 0.6 is 34.8 Å². The van der Waals surface area contributed by atoms with E-state index in [1.807, 2.05) is 103 Å². The van der Waals surface area contributed by atoms with Gasteiger partial charge in [-0.25, -0.2) is 24.1 Å². The first-order chi connectivity index (χ1) is 45.7. The highest BCUT2D eigenvalue weighted by Crippen LogP contribution is 2.53. The van der Waals surface area contributed by atoms with Crippen molar-refractivity contribution in [3.05, 3.63) is 243 Å². The summed E-state index contributed by atoms with van der Waals surface area (Å²) < 4.78 is 79.1. The molecule has 484 valence electrons. The maximum absolute atomic E-state index is 14.9. The zero-order valence-corrected chi connectivity index (χ0v) is 54.6. The summed E-state index contributed by atoms with van der Waals surface area (Å²) in [5.74, 6) is 1.33. The molecule has 16 nitrogen and oxygen atoms in total. The molecule has 2 unspecified atom stereocenters. The molecule has 11 rings (SSSR count). The van der Waals surface area contributed by atoms with E-state index in [0.717, 1.165) is 29.5 Å². The van der Waals surface area contributed by atoms with Gasteiger partial charge in [0.2, 0.25) is 12.0 Å². The molecule has 1 fully saturated rings. The van der Waals surface area contributed by atoms with Crippen molar-refractivity contribution in [1.29, 1.82) is 0 Å². The summed E-state index contributed by atoms with van der Waals surface area (Å²) in [6, 6.07) is 45.4. The van der Waals surface area contributed by atoms with Crippen LogP contribution in [0.3, 0.4) is 0 Å². The lowest BCUT2D eigenvalue weighted by Crippen LogP contribution is -2.38. The molecule has 0 aliphatic carbocycles. The van der Waals surface area contributed by atoms with Gasteiger partial charge in [0.15, 0.2) is 17.9 Å². The van der Waals surface area contributed by atoms with Gasteiger partial charge in [0.1, 0.15) is 63.5 Å². The quantitative estimate of drug-likeness (QED) is 0.0279. The minimum Gasteiger partial charge on any atom is -0.497 e. The van der Waals surface area contributed by atoms with Gasteiger partial charge in [-0.05, 0) is 138 Å². The zero-order valence-electron chi connectivity index (χ0n) is 52.3. The molecule has 0 spiro atoms. The minimum absolute atomic E-state index is 0.00755. The number of aromatic nitrogens is 4. The number of fused-ring (bicyclic) bond motifs is 1. The van der Waals surface area contributed by atoms with Gasteiger partial charge >= 0.3 is 5.97 Å². The Morgan fingerprint density at radius 1 is 0.745 bits per heavy atom. The zero-order chi connectivity index (χ0) is 65.9. The summed E-state index contributed by atoms with van der Waals surface area (Å²) in [4.78, 5) is 27.8. The van der Waals surface area contributed by atoms with Crippen molar-refractivity contribution in [2.45, 2.75) is 70.2 Å². The van der Waals surface area contributed by atoms with Gasteiger partial charge in [-0.2, -0.15) is 0 Å². The molecular weight excluding hydrogens is 1260 g/mol. The number of aliphatic carboxylic acids is 1. The third kappa shape index (κ3) is 14.3. The second kappa shape index (κ2) is 30.3. The fourth-order valence-electron chi connectivity index (χ4n) is 11.6. The van der Waals surface area contributed by atoms with Crippen molar-refractivity contribution in [2.75, 3.05) is 47.8 Å². The van der Waals surface area contributed by atoms with E-state index in [9.17, 15) is 14.3 Å². The number of halogens is 4. The number of carbonyl (C=O) groups is 1. The monoisotopic (exact) mass is 1330 g/mol. The molecule has 1 saturated heterocycles. The third-order valence-corrected chi connectivity index (χ3v) is 17.5. The number of ether oxygens (including phenoxy) is 10. The standard InChI is InChI=1S/C74H68Cl3FN4O12/c1-7-38-88-43-57(44-91-74(49-15-9-8-10-16-49,50-22-28-54(85-4)29-23-50)51-24-30-55(86-5)31-25-51)93-69-66(75)45(2)63(46(3)67(69)76)65-64(47-20-26-52(78)27-21-47)70(77)82-37-36-80-72(68(65)82)94-61(73(83)84)41-48-40-56(92-62-19-13-14-39-89-62)32-33-59(48)90-42-53-34-35-79-71(81-53)58-17-11-12-18-60(58)87-6/h7-12,15-18,20-37,40,57,61-62H,1,13-14,19,38-39,41-44H2,2-6H3,(H,83,84)/t57-,61?,62?/m1/s1. The lowest BCUT2D eigenvalue weighted by molar-refractivity contribution is -0.145. The molecule has 10 aromatic rings. The van der Waals surface area contributed by atoms with Crippen molar-refractivity contribution in [3.8, 4) is 74.0 Å². The van der Waals surface area contributed by atoms with E-state index >= 15 is 0 Å². The van der Waals surface area contributed by atoms with Crippen LogP contribution in [0, 0.1) is 19.7 Å². The fraction of sp³-hybridized carbons (Fsp3) is 0.243. The van der Waals surface area contributed by atoms with Crippen molar-refractivity contribution >= 4 is 46.3 Å². The molecule has 7 aromatic carbocycles. The summed E-state index contributed by atoms with van der Waals surface area (Å²) in [5.41, 5.74) is 5.87. The van der Waals surface area contributed by atoms with E-state index in [2.05, 4.69) is 11.6 Å². The van der Waals surface area contributed by atoms with E-state index < -0.39 is 35.9 Å². The lowest BCUT2D eigenvalue weighted by Gasteiger charge is -2.37. The van der Waals surface area contributed by atoms with Gasteiger partial charge < -0.3 is 56.9 Å². The van der Waals surface area contributed by atoms with Crippen LogP contribution in [0.15, 0.2) is 183 Å². The summed E-state index contributed by atoms with van der Waals surface area (Å²) in [7, 11) is 4.80. The maximum atomic E-state index is 14.9. The Kier molecular flexibility index (Phi) is 21.3. The fourth-order valence-corrected chi connectivity index (χ4v) is 12.5. The highest BCUT2D eigenvalue weighted by atomic mass is 35.5. The molecule has 3 atom stereocenters. The van der Waals surface area contributed by atoms with E-state index in [-0.39, 0.29) is 65.2 Å². The Hall–Kier alpha value is -9.20. The van der Waals surface area contributed by atoms with Crippen LogP contribution in [0.5, 0.6) is 40.4 Å². The smallest absolute Gasteiger partial charge is 0.345 e. The van der Waals surface area contributed by atoms with Crippen molar-refractivity contribution in [3.63, 3.8) is 0 Å². The largest absolute Gasteiger partial charge is 0.497 e. The summed E-state index contributed by atoms with van der Waals surface area (Å²) in [6.07, 6.45) is 5.61. The van der Waals surface area contributed by atoms with Crippen LogP contribution in [0.25, 0.3) is 39.2 Å². The molecule has 1 aliphatic heterocycles. The van der Waals surface area contributed by atoms with E-state index in [4.69, 9.17) is 92.1 Å². The highest BCUT2D eigenvalue weighted by molar-refractivity contribution is 6.39. The molecule has 20 heteroatoms. The second-order valence-electron chi connectivity index (χ2n) is 22.2. The van der Waals surface area contributed by atoms with Gasteiger partial charge in [-0.15, -0.1) is 6.58 Å². The number of nitrogens with zero attached hydrogens (tertiary/aromatic N) is 4. The number of hydrogen-bond donors (Lipinski definition) is 1. The lowest BCUT2D eigenvalue weighted by atomic mass is 9.80. The van der Waals surface area contributed by atoms with Crippen molar-refractivity contribution in [1.82, 2.24) is 19.4 Å². The first-order valence-corrected chi connectivity index (χ1v) is 31.5. The Labute approximate surface area is 559 Å². The highest BCUT2D eigenvalue weighted by Gasteiger charge is 2.40. The van der Waals surface area contributed by atoms with Crippen LogP contribution in [0.2, 0.25) is 15.2 Å². The summed E-state index contributed by atoms with van der Waals surface area (Å²) in [6.45, 7) is 8.14. The molecule has 0 amide bonds. The van der Waals surface area contributed by atoms with Gasteiger partial charge in [-0.1, -0.05) is 120 Å². The van der Waals surface area contributed by atoms with E-state index in [1.54, 1.807) is 94.4 Å². The summed E-state index contributed by atoms with van der Waals surface area (Å²) in [5, 5.41) is 11.7. The average Bonchev–Trinajstić information content (AvgIpc) is 1.54. The molecule has 94 heavy (non-hydrogen) atoms. The number of carboxylic acids is 1. The third-order valence-electron chi connectivity index (χ3n) is 16.2. The molecule has 0 bridgehead atoms. The van der Waals surface area contributed by atoms with E-state index in [0.29, 0.717) is 97.8 Å². The van der Waals surface area contributed by atoms with Crippen LogP contribution in [-0.4, -0.2) is 96.7 Å². The van der Waals surface area contributed by atoms with Crippen LogP contribution in [0.1, 0.15) is 58.3 Å². The molecule has 1 N–H and O–H groups in total. The second-order valence-corrected chi connectivity index (χ2v) is 23.3. The van der Waals surface area contributed by atoms with Crippen molar-refractivity contribution < 1.29 is 61.7 Å². The molecule has 0 saturated carbocycles. The molecule has 1 aliphatic rings. The van der Waals surface area contributed by atoms with Gasteiger partial charge in [0.25, 0.3) is 0 Å². The van der Waals surface area contributed by atoms with Gasteiger partial charge in [-0.3, -0.25) is 0 Å². The Balaban J connectivity index is 0.978. The number of benzene rings is 7. The first-order valence-electron chi connectivity index (χ1n) is 30.4. The SMILES string of the molecule is C=CCOC[C@H](COC(c1ccccc1)(c1ccc(OC)cc1)c1ccc(OC)cc1)Oc1c(Cl)c(C)c(-c2c(-c3ccc(F)cc3)c(Cl)n3ccnc(OC(Cc4cc(OC5CCCCO5)ccc4OCc4ccnc(-c5ccccc5OC)n4)C(=O)O)c23)c(C)c1Cl. The minimum atomic E-state index is -1.61. The molecule has 3 aromatic heterocycles. The Morgan fingerprint density at radius 3 is 2.06 bits per heavy atom. The average molecular weight is 1330 g/mol. The molecular formula is C74H68Cl3FN4O12. The Morgan fingerprint density at radius 2 is 1.41 bits per heavy atom. The van der Waals surface area contributed by atoms with E-state index in [1.165, 1.54) is 18.3 Å². The molecule has 4 heterocycles. The molecule has 0 radical (unpaired) electrons. The normalized spacial score (nSPS) is 13.8. The first kappa shape index (κ1) is 66.3. The predicted molar refractivity (Wildman–Crippen MR) is 359 cm³/mol. The van der Waals surface area contributed by atoms with Crippen molar-refractivity contribution in [2.24, 2.45) is 0 Å². The number of rotatable bonds is 28.